The van der Waals surface area contributed by atoms with Crippen molar-refractivity contribution in [3.63, 3.8) is 0 Å². The molecule has 4 nitrogen and oxygen atoms in total. The summed E-state index contributed by atoms with van der Waals surface area (Å²) in [6.45, 7) is 7.25. The first-order valence-corrected chi connectivity index (χ1v) is 4.52. The molecule has 78 valence electrons. The van der Waals surface area contributed by atoms with Gasteiger partial charge in [0.2, 0.25) is 0 Å². The number of hydrogen-bond donors (Lipinski definition) is 1. The Bertz CT molecular complexity index is 161. The van der Waals surface area contributed by atoms with Crippen LogP contribution < -0.4 is 5.32 Å². The molecule has 13 heavy (non-hydrogen) atoms. The Morgan fingerprint density at radius 2 is 2.08 bits per heavy atom. The molecule has 1 atom stereocenters. The number of methoxy groups -OCH3 is 1. The summed E-state index contributed by atoms with van der Waals surface area (Å²) in [4.78, 5) is 11.4. The third-order valence-corrected chi connectivity index (χ3v) is 1.80. The Morgan fingerprint density at radius 3 is 2.46 bits per heavy atom. The largest absolute Gasteiger partial charge is 0.468 e. The highest BCUT2D eigenvalue weighted by Crippen LogP contribution is 2.06. The molecule has 0 saturated heterocycles. The van der Waals surface area contributed by atoms with E-state index in [0.717, 1.165) is 0 Å². The summed E-state index contributed by atoms with van der Waals surface area (Å²) >= 11 is 0. The summed E-state index contributed by atoms with van der Waals surface area (Å²) in [7, 11) is 1.38. The lowest BCUT2D eigenvalue weighted by molar-refractivity contribution is -0.150. The quantitative estimate of drug-likeness (QED) is 0.620. The molecule has 0 amide bonds. The Hall–Kier alpha value is -0.610. The van der Waals surface area contributed by atoms with E-state index in [1.54, 1.807) is 6.92 Å². The van der Waals surface area contributed by atoms with Crippen molar-refractivity contribution in [2.75, 3.05) is 26.9 Å². The smallest absolute Gasteiger partial charge is 0.328 e. The first-order valence-electron chi connectivity index (χ1n) is 4.52. The number of carbonyl (C=O) groups excluding carboxylic acids is 1. The van der Waals surface area contributed by atoms with E-state index in [0.29, 0.717) is 19.8 Å². The highest BCUT2D eigenvalue weighted by Gasteiger charge is 2.33. The number of ether oxygens (including phenoxy) is 2. The maximum Gasteiger partial charge on any atom is 0.328 e. The van der Waals surface area contributed by atoms with Crippen LogP contribution in [0.1, 0.15) is 20.8 Å². The molecule has 0 aliphatic heterocycles. The van der Waals surface area contributed by atoms with Gasteiger partial charge < -0.3 is 14.8 Å². The van der Waals surface area contributed by atoms with Gasteiger partial charge in [0.15, 0.2) is 0 Å². The lowest BCUT2D eigenvalue weighted by Crippen LogP contribution is -2.53. The molecule has 0 rings (SSSR count). The Kier molecular flexibility index (Phi) is 5.66. The fraction of sp³-hybridized carbons (Fsp3) is 0.889. The highest BCUT2D eigenvalue weighted by atomic mass is 16.5. The van der Waals surface area contributed by atoms with Crippen molar-refractivity contribution in [2.24, 2.45) is 0 Å². The summed E-state index contributed by atoms with van der Waals surface area (Å²) in [6.07, 6.45) is 0. The lowest BCUT2D eigenvalue weighted by atomic mass is 10.0. The third kappa shape index (κ3) is 3.74. The molecule has 0 aliphatic rings. The summed E-state index contributed by atoms with van der Waals surface area (Å²) in [5.41, 5.74) is -0.723. The molecule has 0 spiro atoms. The fourth-order valence-corrected chi connectivity index (χ4v) is 1.10. The topological polar surface area (TPSA) is 47.6 Å². The molecule has 1 unspecified atom stereocenters. The van der Waals surface area contributed by atoms with Gasteiger partial charge in [0, 0.05) is 6.61 Å². The second-order valence-corrected chi connectivity index (χ2v) is 2.99. The minimum atomic E-state index is -0.723. The number of esters is 1. The van der Waals surface area contributed by atoms with Crippen LogP contribution in [0.25, 0.3) is 0 Å². The zero-order valence-corrected chi connectivity index (χ0v) is 8.85. The molecular weight excluding hydrogens is 170 g/mol. The number of carbonyl (C=O) groups is 1. The number of nitrogens with one attached hydrogen (secondary N) is 1. The lowest BCUT2D eigenvalue weighted by Gasteiger charge is -2.26. The van der Waals surface area contributed by atoms with Crippen LogP contribution in [0.3, 0.4) is 0 Å². The van der Waals surface area contributed by atoms with Gasteiger partial charge in [0.25, 0.3) is 0 Å². The normalized spacial score (nSPS) is 15.1. The first-order chi connectivity index (χ1) is 6.10. The SMILES string of the molecule is CCNC(C)(COCC)C(=O)OC. The van der Waals surface area contributed by atoms with E-state index in [2.05, 4.69) is 10.1 Å². The van der Waals surface area contributed by atoms with Crippen LogP contribution in [-0.2, 0) is 14.3 Å². The number of hydrogen-bond acceptors (Lipinski definition) is 4. The maximum absolute atomic E-state index is 11.4. The number of likely N-dealkylation sites (N-methyl/N-ethyl adjacent to an activating group) is 1. The van der Waals surface area contributed by atoms with Gasteiger partial charge in [-0.25, -0.2) is 4.79 Å². The van der Waals surface area contributed by atoms with Crippen molar-refractivity contribution >= 4 is 5.97 Å². The summed E-state index contributed by atoms with van der Waals surface area (Å²) in [6, 6.07) is 0. The van der Waals surface area contributed by atoms with E-state index in [9.17, 15) is 4.79 Å². The zero-order chi connectivity index (χ0) is 10.3. The third-order valence-electron chi connectivity index (χ3n) is 1.80. The van der Waals surface area contributed by atoms with Crippen LogP contribution in [0.2, 0.25) is 0 Å². The average molecular weight is 189 g/mol. The van der Waals surface area contributed by atoms with Crippen molar-refractivity contribution in [1.82, 2.24) is 5.32 Å². The van der Waals surface area contributed by atoms with E-state index in [1.165, 1.54) is 7.11 Å². The van der Waals surface area contributed by atoms with Gasteiger partial charge in [-0.05, 0) is 20.4 Å². The van der Waals surface area contributed by atoms with Crippen molar-refractivity contribution in [1.29, 1.82) is 0 Å². The second-order valence-electron chi connectivity index (χ2n) is 2.99. The van der Waals surface area contributed by atoms with E-state index < -0.39 is 5.54 Å². The van der Waals surface area contributed by atoms with Gasteiger partial charge in [-0.15, -0.1) is 0 Å². The summed E-state index contributed by atoms with van der Waals surface area (Å²) < 4.78 is 9.89. The average Bonchev–Trinajstić information content (AvgIpc) is 2.14. The van der Waals surface area contributed by atoms with E-state index >= 15 is 0 Å². The summed E-state index contributed by atoms with van der Waals surface area (Å²) in [5.74, 6) is -0.289. The predicted octanol–water partition coefficient (Wildman–Crippen LogP) is 0.564. The minimum Gasteiger partial charge on any atom is -0.468 e. The van der Waals surface area contributed by atoms with Crippen molar-refractivity contribution in [3.8, 4) is 0 Å². The van der Waals surface area contributed by atoms with Gasteiger partial charge >= 0.3 is 5.97 Å². The first kappa shape index (κ1) is 12.4. The monoisotopic (exact) mass is 189 g/mol. The molecule has 0 heterocycles. The fourth-order valence-electron chi connectivity index (χ4n) is 1.10. The summed E-state index contributed by atoms with van der Waals surface area (Å²) in [5, 5.41) is 3.04. The molecule has 0 bridgehead atoms. The molecular formula is C9H19NO3. The Morgan fingerprint density at radius 1 is 1.46 bits per heavy atom. The molecule has 0 fully saturated rings. The molecule has 0 aliphatic carbocycles. The van der Waals surface area contributed by atoms with Crippen LogP contribution in [0.4, 0.5) is 0 Å². The van der Waals surface area contributed by atoms with Gasteiger partial charge in [-0.1, -0.05) is 6.92 Å². The van der Waals surface area contributed by atoms with E-state index in [1.807, 2.05) is 13.8 Å². The molecule has 0 radical (unpaired) electrons. The predicted molar refractivity (Wildman–Crippen MR) is 50.6 cm³/mol. The van der Waals surface area contributed by atoms with Crippen LogP contribution in [0.5, 0.6) is 0 Å². The zero-order valence-electron chi connectivity index (χ0n) is 8.85. The van der Waals surface area contributed by atoms with Crippen molar-refractivity contribution in [2.45, 2.75) is 26.3 Å². The van der Waals surface area contributed by atoms with Crippen LogP contribution in [0.15, 0.2) is 0 Å². The van der Waals surface area contributed by atoms with Crippen LogP contribution in [-0.4, -0.2) is 38.4 Å². The van der Waals surface area contributed by atoms with E-state index in [-0.39, 0.29) is 5.97 Å². The molecule has 0 aromatic heterocycles. The van der Waals surface area contributed by atoms with Gasteiger partial charge in [0.1, 0.15) is 5.54 Å². The van der Waals surface area contributed by atoms with Crippen molar-refractivity contribution in [3.05, 3.63) is 0 Å². The molecule has 4 heteroatoms. The molecule has 0 aromatic rings. The molecule has 1 N–H and O–H groups in total. The van der Waals surface area contributed by atoms with Crippen molar-refractivity contribution < 1.29 is 14.3 Å². The van der Waals surface area contributed by atoms with Gasteiger partial charge in [-0.3, -0.25) is 0 Å². The Labute approximate surface area is 79.6 Å². The minimum absolute atomic E-state index is 0.289. The highest BCUT2D eigenvalue weighted by molar-refractivity contribution is 5.80. The Balaban J connectivity index is 4.23. The van der Waals surface area contributed by atoms with Gasteiger partial charge in [-0.2, -0.15) is 0 Å². The van der Waals surface area contributed by atoms with Crippen LogP contribution in [0, 0.1) is 0 Å². The molecule has 0 aromatic carbocycles. The standard InChI is InChI=1S/C9H19NO3/c1-5-10-9(3,7-13-6-2)8(11)12-4/h10H,5-7H2,1-4H3. The number of rotatable bonds is 6. The second kappa shape index (κ2) is 5.94. The van der Waals surface area contributed by atoms with Gasteiger partial charge in [0.05, 0.1) is 13.7 Å². The van der Waals surface area contributed by atoms with E-state index in [4.69, 9.17) is 4.74 Å². The van der Waals surface area contributed by atoms with Crippen LogP contribution >= 0.6 is 0 Å². The maximum atomic E-state index is 11.4. The molecule has 0 saturated carbocycles.